The summed E-state index contributed by atoms with van der Waals surface area (Å²) in [6.45, 7) is 1.05. The number of carbonyl (C=O) groups is 1. The molecule has 6 nitrogen and oxygen atoms in total. The molecular formula is C10H12N2O4S2. The first kappa shape index (κ1) is 14.6. The van der Waals surface area contributed by atoms with Crippen LogP contribution in [0.2, 0.25) is 0 Å². The summed E-state index contributed by atoms with van der Waals surface area (Å²) in [6, 6.07) is 0. The van der Waals surface area contributed by atoms with Gasteiger partial charge in [-0.2, -0.15) is 0 Å². The van der Waals surface area contributed by atoms with E-state index >= 15 is 0 Å². The van der Waals surface area contributed by atoms with Gasteiger partial charge in [0.1, 0.15) is 11.9 Å². The van der Waals surface area contributed by atoms with Crippen LogP contribution in [0.25, 0.3) is 0 Å². The van der Waals surface area contributed by atoms with Crippen LogP contribution in [0.3, 0.4) is 0 Å². The van der Waals surface area contributed by atoms with Crippen LogP contribution in [0.15, 0.2) is 6.20 Å². The number of rotatable bonds is 3. The fourth-order valence-corrected chi connectivity index (χ4v) is 2.06. The van der Waals surface area contributed by atoms with Crippen molar-refractivity contribution in [2.45, 2.75) is 12.2 Å². The lowest BCUT2D eigenvalue weighted by molar-refractivity contribution is -0.115. The van der Waals surface area contributed by atoms with Crippen LogP contribution in [0, 0.1) is 11.8 Å². The van der Waals surface area contributed by atoms with Crippen molar-refractivity contribution < 1.29 is 18.3 Å². The van der Waals surface area contributed by atoms with Gasteiger partial charge in [0.2, 0.25) is 5.91 Å². The van der Waals surface area contributed by atoms with Gasteiger partial charge >= 0.3 is 0 Å². The fourth-order valence-electron chi connectivity index (χ4n) is 0.918. The van der Waals surface area contributed by atoms with Crippen LogP contribution >= 0.6 is 11.3 Å². The molecular weight excluding hydrogens is 276 g/mol. The number of aromatic nitrogens is 1. The van der Waals surface area contributed by atoms with Crippen molar-refractivity contribution in [3.63, 3.8) is 0 Å². The summed E-state index contributed by atoms with van der Waals surface area (Å²) in [6.07, 6.45) is 2.44. The molecule has 0 aliphatic carbocycles. The topological polar surface area (TPSA) is 96.4 Å². The standard InChI is InChI=1S/C10H12N2O4S2/c1-7(18(2,15)16)9(14)12-10-11-6-8(17-10)4-3-5-13/h6-7,13H,5H2,1-2H3,(H,11,12,14). The van der Waals surface area contributed by atoms with E-state index in [1.807, 2.05) is 0 Å². The van der Waals surface area contributed by atoms with E-state index in [-0.39, 0.29) is 11.7 Å². The highest BCUT2D eigenvalue weighted by molar-refractivity contribution is 7.92. The highest BCUT2D eigenvalue weighted by Crippen LogP contribution is 2.17. The molecule has 0 bridgehead atoms. The Morgan fingerprint density at radius 3 is 2.89 bits per heavy atom. The number of aliphatic hydroxyl groups is 1. The van der Waals surface area contributed by atoms with Crippen LogP contribution in [0.1, 0.15) is 11.8 Å². The molecule has 1 heterocycles. The molecule has 1 atom stereocenters. The molecule has 1 aromatic rings. The number of sulfone groups is 1. The Morgan fingerprint density at radius 1 is 1.67 bits per heavy atom. The van der Waals surface area contributed by atoms with E-state index in [1.54, 1.807) is 0 Å². The largest absolute Gasteiger partial charge is 0.384 e. The average molecular weight is 288 g/mol. The number of hydrogen-bond acceptors (Lipinski definition) is 6. The Hall–Kier alpha value is -1.43. The lowest BCUT2D eigenvalue weighted by Gasteiger charge is -2.07. The molecule has 0 saturated carbocycles. The van der Waals surface area contributed by atoms with Crippen LogP contribution in [0.4, 0.5) is 5.13 Å². The van der Waals surface area contributed by atoms with Gasteiger partial charge in [-0.05, 0) is 6.92 Å². The van der Waals surface area contributed by atoms with Crippen LogP contribution < -0.4 is 5.32 Å². The van der Waals surface area contributed by atoms with Gasteiger partial charge < -0.3 is 10.4 Å². The van der Waals surface area contributed by atoms with E-state index in [0.717, 1.165) is 17.6 Å². The average Bonchev–Trinajstić information content (AvgIpc) is 2.71. The summed E-state index contributed by atoms with van der Waals surface area (Å²) in [5.74, 6) is 4.45. The maximum atomic E-state index is 11.6. The van der Waals surface area contributed by atoms with Gasteiger partial charge in [0.25, 0.3) is 0 Å². The minimum atomic E-state index is -3.43. The zero-order chi connectivity index (χ0) is 13.8. The predicted octanol–water partition coefficient (Wildman–Crippen LogP) is -0.142. The summed E-state index contributed by atoms with van der Waals surface area (Å²) in [5.41, 5.74) is 0. The van der Waals surface area contributed by atoms with Crippen molar-refractivity contribution in [1.82, 2.24) is 4.98 Å². The molecule has 1 rings (SSSR count). The third-order valence-electron chi connectivity index (χ3n) is 2.04. The van der Waals surface area contributed by atoms with Gasteiger partial charge in [-0.15, -0.1) is 0 Å². The molecule has 0 spiro atoms. The lowest BCUT2D eigenvalue weighted by atomic mass is 10.4. The van der Waals surface area contributed by atoms with Crippen molar-refractivity contribution in [1.29, 1.82) is 0 Å². The van der Waals surface area contributed by atoms with E-state index < -0.39 is 21.0 Å². The Bertz CT molecular complexity index is 595. The lowest BCUT2D eigenvalue weighted by Crippen LogP contribution is -2.31. The molecule has 0 fully saturated rings. The quantitative estimate of drug-likeness (QED) is 0.755. The second kappa shape index (κ2) is 5.95. The normalized spacial score (nSPS) is 12.4. The number of thiazole rings is 1. The van der Waals surface area contributed by atoms with Crippen molar-refractivity contribution in [2.75, 3.05) is 18.2 Å². The van der Waals surface area contributed by atoms with Gasteiger partial charge in [0.05, 0.1) is 11.1 Å². The highest BCUT2D eigenvalue weighted by atomic mass is 32.2. The van der Waals surface area contributed by atoms with E-state index in [4.69, 9.17) is 5.11 Å². The third kappa shape index (κ3) is 4.10. The summed E-state index contributed by atoms with van der Waals surface area (Å²) >= 11 is 1.11. The molecule has 0 aliphatic heterocycles. The molecule has 18 heavy (non-hydrogen) atoms. The number of anilines is 1. The van der Waals surface area contributed by atoms with E-state index in [2.05, 4.69) is 22.1 Å². The number of hydrogen-bond donors (Lipinski definition) is 2. The molecule has 0 aromatic carbocycles. The number of nitrogens with zero attached hydrogens (tertiary/aromatic N) is 1. The number of nitrogens with one attached hydrogen (secondary N) is 1. The Kier molecular flexibility index (Phi) is 4.84. The number of carbonyl (C=O) groups excluding carboxylic acids is 1. The molecule has 1 aromatic heterocycles. The van der Waals surface area contributed by atoms with Crippen molar-refractivity contribution in [3.05, 3.63) is 11.1 Å². The zero-order valence-electron chi connectivity index (χ0n) is 9.80. The summed E-state index contributed by atoms with van der Waals surface area (Å²) in [4.78, 5) is 16.0. The first-order valence-electron chi connectivity index (χ1n) is 4.90. The van der Waals surface area contributed by atoms with Crippen molar-refractivity contribution in [3.8, 4) is 11.8 Å². The second-order valence-corrected chi connectivity index (χ2v) is 6.85. The SMILES string of the molecule is CC(C(=O)Nc1ncc(C#CCO)s1)S(C)(=O)=O. The minimum absolute atomic E-state index is 0.259. The summed E-state index contributed by atoms with van der Waals surface area (Å²) in [7, 11) is -3.43. The van der Waals surface area contributed by atoms with E-state index in [9.17, 15) is 13.2 Å². The van der Waals surface area contributed by atoms with Gasteiger partial charge in [0.15, 0.2) is 15.0 Å². The van der Waals surface area contributed by atoms with E-state index in [1.165, 1.54) is 13.1 Å². The third-order valence-corrected chi connectivity index (χ3v) is 4.36. The maximum absolute atomic E-state index is 11.6. The second-order valence-electron chi connectivity index (χ2n) is 3.45. The van der Waals surface area contributed by atoms with Gasteiger partial charge in [-0.25, -0.2) is 13.4 Å². The fraction of sp³-hybridized carbons (Fsp3) is 0.400. The first-order valence-corrected chi connectivity index (χ1v) is 7.67. The van der Waals surface area contributed by atoms with Gasteiger partial charge in [-0.3, -0.25) is 4.79 Å². The summed E-state index contributed by atoms with van der Waals surface area (Å²) < 4.78 is 22.4. The Balaban J connectivity index is 2.74. The monoisotopic (exact) mass is 288 g/mol. The van der Waals surface area contributed by atoms with Crippen LogP contribution in [0.5, 0.6) is 0 Å². The summed E-state index contributed by atoms with van der Waals surface area (Å²) in [5, 5.41) is 10.1. The van der Waals surface area contributed by atoms with Crippen LogP contribution in [-0.2, 0) is 14.6 Å². The van der Waals surface area contributed by atoms with Crippen LogP contribution in [-0.4, -0.2) is 42.5 Å². The number of amides is 1. The predicted molar refractivity (Wildman–Crippen MR) is 69.0 cm³/mol. The van der Waals surface area contributed by atoms with Gasteiger partial charge in [-0.1, -0.05) is 23.2 Å². The molecule has 0 radical (unpaired) electrons. The first-order chi connectivity index (χ1) is 8.34. The van der Waals surface area contributed by atoms with Crippen molar-refractivity contribution in [2.24, 2.45) is 0 Å². The minimum Gasteiger partial charge on any atom is -0.384 e. The van der Waals surface area contributed by atoms with Crippen molar-refractivity contribution >= 4 is 32.2 Å². The highest BCUT2D eigenvalue weighted by Gasteiger charge is 2.24. The Morgan fingerprint density at radius 2 is 2.33 bits per heavy atom. The maximum Gasteiger partial charge on any atom is 0.244 e. The molecule has 98 valence electrons. The number of aliphatic hydroxyl groups excluding tert-OH is 1. The molecule has 1 amide bonds. The van der Waals surface area contributed by atoms with E-state index in [0.29, 0.717) is 4.88 Å². The molecule has 1 unspecified atom stereocenters. The van der Waals surface area contributed by atoms with Gasteiger partial charge in [0, 0.05) is 6.26 Å². The Labute approximate surface area is 109 Å². The molecule has 0 saturated heterocycles. The molecule has 2 N–H and O–H groups in total. The molecule has 0 aliphatic rings. The molecule has 8 heteroatoms. The smallest absolute Gasteiger partial charge is 0.244 e. The zero-order valence-corrected chi connectivity index (χ0v) is 11.4.